The van der Waals surface area contributed by atoms with Crippen LogP contribution in [0.4, 0.5) is 17.6 Å². The average molecular weight is 164 g/mol. The molecule has 0 unspecified atom stereocenters. The maximum absolute atomic E-state index is 12.0. The van der Waals surface area contributed by atoms with Gasteiger partial charge in [0.05, 0.1) is 6.07 Å². The Kier molecular flexibility index (Phi) is 1.72. The molecule has 1 aromatic rings. The van der Waals surface area contributed by atoms with Crippen molar-refractivity contribution < 1.29 is 22.7 Å². The molecule has 0 N–H and O–H groups in total. The van der Waals surface area contributed by atoms with E-state index in [1.54, 1.807) is 0 Å². The van der Waals surface area contributed by atoms with Crippen LogP contribution >= 0.6 is 0 Å². The third-order valence-corrected chi connectivity index (χ3v) is 1.00. The third kappa shape index (κ3) is 1.13. The van der Waals surface area contributed by atoms with E-state index in [9.17, 15) is 22.7 Å². The molecule has 0 aromatic heterocycles. The number of benzene rings is 1. The molecule has 0 aliphatic heterocycles. The molecule has 0 aliphatic rings. The maximum Gasteiger partial charge on any atom is 0.255 e. The van der Waals surface area contributed by atoms with Gasteiger partial charge in [-0.2, -0.15) is 8.78 Å². The summed E-state index contributed by atoms with van der Waals surface area (Å²) in [5, 5.41) is 10.2. The van der Waals surface area contributed by atoms with Gasteiger partial charge in [-0.05, 0) is 0 Å². The van der Waals surface area contributed by atoms with Gasteiger partial charge in [0.15, 0.2) is 11.6 Å². The fraction of sp³-hybridized carbons (Fsp3) is 0. The summed E-state index contributed by atoms with van der Waals surface area (Å²) in [6.07, 6.45) is 0. The van der Waals surface area contributed by atoms with E-state index in [1.807, 2.05) is 0 Å². The second-order valence-corrected chi connectivity index (χ2v) is 1.71. The summed E-state index contributed by atoms with van der Waals surface area (Å²) in [7, 11) is 0. The topological polar surface area (TPSA) is 19.9 Å². The number of hydrogen-bond acceptors (Lipinski definition) is 0. The Morgan fingerprint density at radius 2 is 1.27 bits per heavy atom. The predicted molar refractivity (Wildman–Crippen MR) is 25.2 cm³/mol. The van der Waals surface area contributed by atoms with Crippen LogP contribution in [0.15, 0.2) is 0 Å². The average Bonchev–Trinajstić information content (AvgIpc) is 1.97. The minimum absolute atomic E-state index is 1.06. The van der Waals surface area contributed by atoms with E-state index in [0.29, 0.717) is 0 Å². The van der Waals surface area contributed by atoms with Crippen molar-refractivity contribution >= 4 is 0 Å². The van der Waals surface area contributed by atoms with Crippen LogP contribution in [0.3, 0.4) is 0 Å². The molecule has 0 spiro atoms. The lowest BCUT2D eigenvalue weighted by Gasteiger charge is -1.95. The minimum Gasteiger partial charge on any atom is -0.283 e. The lowest BCUT2D eigenvalue weighted by molar-refractivity contribution is 0.286. The molecule has 0 saturated carbocycles. The minimum atomic E-state index is -1.95. The molecule has 0 fully saturated rings. The first-order valence-corrected chi connectivity index (χ1v) is 2.46. The van der Waals surface area contributed by atoms with E-state index in [4.69, 9.17) is 0 Å². The van der Waals surface area contributed by atoms with Crippen LogP contribution in [0.25, 0.3) is 0 Å². The number of halogens is 4. The Hall–Kier alpha value is -1.26. The Morgan fingerprint density at radius 3 is 1.64 bits per heavy atom. The Bertz CT molecular complexity index is 271. The van der Waals surface area contributed by atoms with Crippen LogP contribution in [0.2, 0.25) is 0 Å². The highest BCUT2D eigenvalue weighted by atomic mass is 19.2. The molecule has 0 atom stereocenters. The molecular weight excluding hydrogens is 164 g/mol. The summed E-state index contributed by atoms with van der Waals surface area (Å²) >= 11 is 0. The van der Waals surface area contributed by atoms with Crippen LogP contribution in [-0.4, -0.2) is 0 Å². The molecule has 0 saturated heterocycles. The fourth-order valence-corrected chi connectivity index (χ4v) is 0.502. The fourth-order valence-electron chi connectivity index (χ4n) is 0.502. The zero-order valence-electron chi connectivity index (χ0n) is 4.92. The largest absolute Gasteiger partial charge is 0.283 e. The van der Waals surface area contributed by atoms with Gasteiger partial charge in [-0.1, -0.05) is 0 Å². The molecule has 5 heteroatoms. The maximum atomic E-state index is 12.0. The van der Waals surface area contributed by atoms with Gasteiger partial charge in [0, 0.05) is 0 Å². The van der Waals surface area contributed by atoms with Gasteiger partial charge in [0.1, 0.15) is 0 Å². The lowest BCUT2D eigenvalue weighted by atomic mass is 10.3. The first-order valence-electron chi connectivity index (χ1n) is 2.46. The predicted octanol–water partition coefficient (Wildman–Crippen LogP) is 2.19. The van der Waals surface area contributed by atoms with Crippen LogP contribution in [0.1, 0.15) is 0 Å². The molecule has 1 rings (SSSR count). The standard InChI is InChI=1S/C6F4O/c7-2-1-3(8)5(10)6(11)4(2)9. The molecule has 0 aliphatic carbocycles. The Morgan fingerprint density at radius 1 is 0.909 bits per heavy atom. The molecule has 1 nitrogen and oxygen atoms in total. The first kappa shape index (κ1) is 7.84. The molecular formula is C6F4O. The normalized spacial score (nSPS) is 10.2. The van der Waals surface area contributed by atoms with E-state index < -0.39 is 29.0 Å². The van der Waals surface area contributed by atoms with Crippen LogP contribution in [0.5, 0.6) is 5.75 Å². The van der Waals surface area contributed by atoms with E-state index in [-0.39, 0.29) is 0 Å². The number of rotatable bonds is 0. The van der Waals surface area contributed by atoms with Crippen molar-refractivity contribution in [2.75, 3.05) is 0 Å². The van der Waals surface area contributed by atoms with Crippen molar-refractivity contribution in [3.05, 3.63) is 29.3 Å². The molecule has 58 valence electrons. The summed E-state index contributed by atoms with van der Waals surface area (Å²) in [6.45, 7) is 0. The Labute approximate surface area is 58.9 Å². The quantitative estimate of drug-likeness (QED) is 0.413. The SMILES string of the molecule is [O]c1c(F)c(F)[c]c(F)c1F. The van der Waals surface area contributed by atoms with Gasteiger partial charge >= 0.3 is 0 Å². The van der Waals surface area contributed by atoms with Gasteiger partial charge in [0.25, 0.3) is 5.75 Å². The van der Waals surface area contributed by atoms with Crippen molar-refractivity contribution in [2.24, 2.45) is 0 Å². The lowest BCUT2D eigenvalue weighted by Crippen LogP contribution is -1.92. The van der Waals surface area contributed by atoms with E-state index in [0.717, 1.165) is 6.07 Å². The molecule has 0 heterocycles. The molecule has 0 amide bonds. The summed E-state index contributed by atoms with van der Waals surface area (Å²) in [5.41, 5.74) is 0. The van der Waals surface area contributed by atoms with E-state index in [1.165, 1.54) is 0 Å². The summed E-state index contributed by atoms with van der Waals surface area (Å²) < 4.78 is 48.1. The van der Waals surface area contributed by atoms with Crippen molar-refractivity contribution in [2.45, 2.75) is 0 Å². The zero-order chi connectivity index (χ0) is 8.59. The van der Waals surface area contributed by atoms with Gasteiger partial charge < -0.3 is 0 Å². The van der Waals surface area contributed by atoms with Gasteiger partial charge in [-0.25, -0.2) is 8.78 Å². The van der Waals surface area contributed by atoms with Crippen molar-refractivity contribution in [3.63, 3.8) is 0 Å². The summed E-state index contributed by atoms with van der Waals surface area (Å²) in [4.78, 5) is 0. The van der Waals surface area contributed by atoms with Gasteiger partial charge in [0.2, 0.25) is 11.6 Å². The van der Waals surface area contributed by atoms with Gasteiger partial charge in [-0.3, -0.25) is 5.11 Å². The highest BCUT2D eigenvalue weighted by Gasteiger charge is 2.19. The van der Waals surface area contributed by atoms with E-state index in [2.05, 4.69) is 0 Å². The molecule has 11 heavy (non-hydrogen) atoms. The van der Waals surface area contributed by atoms with Gasteiger partial charge in [-0.15, -0.1) is 0 Å². The zero-order valence-corrected chi connectivity index (χ0v) is 4.92. The van der Waals surface area contributed by atoms with Crippen LogP contribution in [-0.2, 0) is 5.11 Å². The van der Waals surface area contributed by atoms with Crippen molar-refractivity contribution in [1.29, 1.82) is 0 Å². The highest BCUT2D eigenvalue weighted by molar-refractivity contribution is 5.25. The summed E-state index contributed by atoms with van der Waals surface area (Å²) in [5.74, 6) is -9.45. The second kappa shape index (κ2) is 2.41. The van der Waals surface area contributed by atoms with Crippen LogP contribution in [0, 0.1) is 29.3 Å². The van der Waals surface area contributed by atoms with Crippen molar-refractivity contribution in [3.8, 4) is 5.75 Å². The monoisotopic (exact) mass is 164 g/mol. The summed E-state index contributed by atoms with van der Waals surface area (Å²) in [6, 6.07) is 1.06. The second-order valence-electron chi connectivity index (χ2n) is 1.71. The number of hydrogen-bond donors (Lipinski definition) is 0. The molecule has 1 aromatic carbocycles. The highest BCUT2D eigenvalue weighted by Crippen LogP contribution is 2.24. The van der Waals surface area contributed by atoms with Crippen LogP contribution < -0.4 is 0 Å². The third-order valence-electron chi connectivity index (χ3n) is 1.00. The smallest absolute Gasteiger partial charge is 0.255 e. The Balaban J connectivity index is 3.46. The van der Waals surface area contributed by atoms with Crippen molar-refractivity contribution in [1.82, 2.24) is 0 Å². The first-order chi connectivity index (χ1) is 5.04. The van der Waals surface area contributed by atoms with E-state index >= 15 is 0 Å². The molecule has 0 bridgehead atoms. The molecule has 2 radical (unpaired) electrons.